The summed E-state index contributed by atoms with van der Waals surface area (Å²) in [5, 5.41) is 3.62. The second-order valence-electron chi connectivity index (χ2n) is 3.86. The van der Waals surface area contributed by atoms with Gasteiger partial charge in [-0.1, -0.05) is 11.6 Å². The van der Waals surface area contributed by atoms with E-state index in [0.29, 0.717) is 0 Å². The number of ether oxygens (including phenoxy) is 1. The molecular weight excluding hydrogens is 150 g/mol. The van der Waals surface area contributed by atoms with Crippen molar-refractivity contribution in [2.45, 2.75) is 37.8 Å². The molecule has 0 aromatic carbocycles. The molecule has 0 radical (unpaired) electrons. The van der Waals surface area contributed by atoms with E-state index in [0.717, 1.165) is 18.7 Å². The lowest BCUT2D eigenvalue weighted by atomic mass is 9.99. The van der Waals surface area contributed by atoms with Gasteiger partial charge in [-0.25, -0.2) is 0 Å². The normalized spacial score (nSPS) is 37.6. The fraction of sp³-hybridized carbons (Fsp3) is 0.800. The third kappa shape index (κ3) is 1.70. The maximum atomic E-state index is 5.04. The summed E-state index contributed by atoms with van der Waals surface area (Å²) in [5.41, 5.74) is 1.60. The first kappa shape index (κ1) is 8.27. The first-order valence-electron chi connectivity index (χ1n) is 4.81. The number of nitrogens with one attached hydrogen (secondary N) is 1. The molecule has 12 heavy (non-hydrogen) atoms. The lowest BCUT2D eigenvalue weighted by Crippen LogP contribution is -2.34. The molecule has 2 rings (SSSR count). The summed E-state index contributed by atoms with van der Waals surface area (Å²) < 4.78 is 5.04. The van der Waals surface area contributed by atoms with Crippen molar-refractivity contribution in [2.75, 3.05) is 13.7 Å². The van der Waals surface area contributed by atoms with Gasteiger partial charge >= 0.3 is 0 Å². The molecule has 2 heteroatoms. The molecule has 0 unspecified atom stereocenters. The van der Waals surface area contributed by atoms with E-state index >= 15 is 0 Å². The summed E-state index contributed by atoms with van der Waals surface area (Å²) in [6, 6.07) is 1.54. The smallest absolute Gasteiger partial charge is 0.0646 e. The highest BCUT2D eigenvalue weighted by Crippen LogP contribution is 2.29. The van der Waals surface area contributed by atoms with E-state index in [1.54, 1.807) is 12.7 Å². The van der Waals surface area contributed by atoms with Gasteiger partial charge in [-0.2, -0.15) is 0 Å². The average Bonchev–Trinajstić information content (AvgIpc) is 2.42. The summed E-state index contributed by atoms with van der Waals surface area (Å²) in [4.78, 5) is 0. The van der Waals surface area contributed by atoms with Gasteiger partial charge in [0.15, 0.2) is 0 Å². The van der Waals surface area contributed by atoms with Gasteiger partial charge in [0.25, 0.3) is 0 Å². The van der Waals surface area contributed by atoms with Crippen LogP contribution in [-0.4, -0.2) is 25.8 Å². The Bertz CT molecular complexity index is 174. The first-order chi connectivity index (χ1) is 5.88. The predicted molar refractivity (Wildman–Crippen MR) is 49.1 cm³/mol. The van der Waals surface area contributed by atoms with E-state index < -0.39 is 0 Å². The lowest BCUT2D eigenvalue weighted by Gasteiger charge is -2.23. The molecule has 2 bridgehead atoms. The molecule has 2 fully saturated rings. The van der Waals surface area contributed by atoms with E-state index in [1.807, 2.05) is 0 Å². The molecule has 0 aromatic rings. The highest BCUT2D eigenvalue weighted by molar-refractivity contribution is 5.13. The zero-order valence-corrected chi connectivity index (χ0v) is 7.68. The Labute approximate surface area is 74.0 Å². The van der Waals surface area contributed by atoms with Crippen LogP contribution in [0, 0.1) is 0 Å². The number of methoxy groups -OCH3 is 1. The Kier molecular flexibility index (Phi) is 2.47. The maximum absolute atomic E-state index is 5.04. The van der Waals surface area contributed by atoms with Gasteiger partial charge in [0.2, 0.25) is 0 Å². The minimum absolute atomic E-state index is 0.770. The molecule has 2 aliphatic heterocycles. The predicted octanol–water partition coefficient (Wildman–Crippen LogP) is 1.47. The van der Waals surface area contributed by atoms with Crippen LogP contribution >= 0.6 is 0 Å². The summed E-state index contributed by atoms with van der Waals surface area (Å²) in [5.74, 6) is 0. The number of hydrogen-bond acceptors (Lipinski definition) is 2. The maximum Gasteiger partial charge on any atom is 0.0646 e. The summed E-state index contributed by atoms with van der Waals surface area (Å²) in [6.07, 6.45) is 7.50. The van der Waals surface area contributed by atoms with E-state index in [4.69, 9.17) is 4.74 Å². The highest BCUT2D eigenvalue weighted by Gasteiger charge is 2.29. The van der Waals surface area contributed by atoms with E-state index in [9.17, 15) is 0 Å². The molecule has 2 aliphatic rings. The molecular formula is C10H17NO. The van der Waals surface area contributed by atoms with Gasteiger partial charge < -0.3 is 10.1 Å². The van der Waals surface area contributed by atoms with Crippen molar-refractivity contribution in [3.8, 4) is 0 Å². The summed E-state index contributed by atoms with van der Waals surface area (Å²) in [6.45, 7) is 0.786. The lowest BCUT2D eigenvalue weighted by molar-refractivity contribution is 0.232. The summed E-state index contributed by atoms with van der Waals surface area (Å²) in [7, 11) is 1.76. The number of hydrogen-bond donors (Lipinski definition) is 1. The third-order valence-corrected chi connectivity index (χ3v) is 2.89. The van der Waals surface area contributed by atoms with Crippen LogP contribution in [0.5, 0.6) is 0 Å². The Morgan fingerprint density at radius 3 is 2.67 bits per heavy atom. The minimum atomic E-state index is 0.770. The van der Waals surface area contributed by atoms with Crippen molar-refractivity contribution < 1.29 is 4.74 Å². The van der Waals surface area contributed by atoms with Crippen LogP contribution in [0.3, 0.4) is 0 Å². The average molecular weight is 167 g/mol. The fourth-order valence-electron chi connectivity index (χ4n) is 2.31. The number of fused-ring (bicyclic) bond motifs is 2. The van der Waals surface area contributed by atoms with Crippen molar-refractivity contribution in [2.24, 2.45) is 0 Å². The van der Waals surface area contributed by atoms with Gasteiger partial charge in [-0.15, -0.1) is 0 Å². The second-order valence-corrected chi connectivity index (χ2v) is 3.86. The zero-order chi connectivity index (χ0) is 8.39. The van der Waals surface area contributed by atoms with Gasteiger partial charge in [0.1, 0.15) is 0 Å². The molecule has 2 saturated heterocycles. The second kappa shape index (κ2) is 3.58. The molecule has 2 heterocycles. The molecule has 0 aliphatic carbocycles. The van der Waals surface area contributed by atoms with Crippen LogP contribution < -0.4 is 5.32 Å². The fourth-order valence-corrected chi connectivity index (χ4v) is 2.31. The van der Waals surface area contributed by atoms with E-state index in [-0.39, 0.29) is 0 Å². The first-order valence-corrected chi connectivity index (χ1v) is 4.81. The molecule has 0 saturated carbocycles. The molecule has 2 nitrogen and oxygen atoms in total. The van der Waals surface area contributed by atoms with Crippen LogP contribution in [-0.2, 0) is 4.74 Å². The quantitative estimate of drug-likeness (QED) is 0.629. The van der Waals surface area contributed by atoms with Crippen molar-refractivity contribution in [1.82, 2.24) is 5.32 Å². The minimum Gasteiger partial charge on any atom is -0.381 e. The Morgan fingerprint density at radius 1 is 1.42 bits per heavy atom. The molecule has 2 atom stereocenters. The Hall–Kier alpha value is -0.340. The van der Waals surface area contributed by atoms with Gasteiger partial charge in [-0.05, 0) is 25.7 Å². The Morgan fingerprint density at radius 2 is 2.08 bits per heavy atom. The van der Waals surface area contributed by atoms with Crippen LogP contribution in [0.25, 0.3) is 0 Å². The monoisotopic (exact) mass is 167 g/mol. The van der Waals surface area contributed by atoms with Gasteiger partial charge in [0, 0.05) is 19.2 Å². The standard InChI is InChI=1S/C10H17NO/c1-12-5-4-8-6-9-2-3-10(7-8)11-9/h4,9-11H,2-3,5-7H2,1H3/t9-,10+. The van der Waals surface area contributed by atoms with Crippen molar-refractivity contribution >= 4 is 0 Å². The van der Waals surface area contributed by atoms with Gasteiger partial charge in [0.05, 0.1) is 6.61 Å². The molecule has 1 N–H and O–H groups in total. The van der Waals surface area contributed by atoms with Gasteiger partial charge in [-0.3, -0.25) is 0 Å². The SMILES string of the molecule is COCC=C1C[C@H]2CC[C@@H](C1)N2. The highest BCUT2D eigenvalue weighted by atomic mass is 16.5. The molecule has 0 aromatic heterocycles. The van der Waals surface area contributed by atoms with Crippen LogP contribution in [0.4, 0.5) is 0 Å². The molecule has 0 amide bonds. The van der Waals surface area contributed by atoms with Crippen molar-refractivity contribution in [3.63, 3.8) is 0 Å². The molecule has 0 spiro atoms. The van der Waals surface area contributed by atoms with Crippen molar-refractivity contribution in [1.29, 1.82) is 0 Å². The summed E-state index contributed by atoms with van der Waals surface area (Å²) >= 11 is 0. The third-order valence-electron chi connectivity index (χ3n) is 2.89. The van der Waals surface area contributed by atoms with Crippen LogP contribution in [0.15, 0.2) is 11.6 Å². The van der Waals surface area contributed by atoms with Crippen molar-refractivity contribution in [3.05, 3.63) is 11.6 Å². The number of piperidine rings is 1. The van der Waals surface area contributed by atoms with Crippen LogP contribution in [0.2, 0.25) is 0 Å². The van der Waals surface area contributed by atoms with E-state index in [2.05, 4.69) is 11.4 Å². The van der Waals surface area contributed by atoms with Crippen LogP contribution in [0.1, 0.15) is 25.7 Å². The molecule has 68 valence electrons. The topological polar surface area (TPSA) is 21.3 Å². The zero-order valence-electron chi connectivity index (χ0n) is 7.68. The number of rotatable bonds is 2. The Balaban J connectivity index is 1.93. The largest absolute Gasteiger partial charge is 0.381 e. The van der Waals surface area contributed by atoms with E-state index in [1.165, 1.54) is 25.7 Å².